The van der Waals surface area contributed by atoms with Crippen molar-refractivity contribution >= 4 is 10.9 Å². The van der Waals surface area contributed by atoms with E-state index in [1.54, 1.807) is 7.11 Å². The number of aromatic amines is 1. The molecule has 0 aliphatic heterocycles. The SMILES string of the molecule is COc1ccc2[nH]cc(CC[C@@H](C)O)c2c1. The van der Waals surface area contributed by atoms with Crippen LogP contribution in [0.4, 0.5) is 0 Å². The number of fused-ring (bicyclic) bond motifs is 1. The van der Waals surface area contributed by atoms with E-state index in [9.17, 15) is 5.11 Å². The molecule has 1 heterocycles. The normalized spacial score (nSPS) is 12.9. The van der Waals surface area contributed by atoms with Crippen molar-refractivity contribution in [1.29, 1.82) is 0 Å². The number of ether oxygens (including phenoxy) is 1. The predicted octanol–water partition coefficient (Wildman–Crippen LogP) is 2.49. The van der Waals surface area contributed by atoms with Crippen LogP contribution < -0.4 is 4.74 Å². The van der Waals surface area contributed by atoms with Crippen LogP contribution in [0.25, 0.3) is 10.9 Å². The Balaban J connectivity index is 2.30. The fourth-order valence-corrected chi connectivity index (χ4v) is 1.86. The second-order valence-corrected chi connectivity index (χ2v) is 4.11. The molecule has 0 saturated heterocycles. The number of aromatic nitrogens is 1. The molecule has 0 spiro atoms. The average Bonchev–Trinajstić information content (AvgIpc) is 2.68. The lowest BCUT2D eigenvalue weighted by Crippen LogP contribution is -2.00. The van der Waals surface area contributed by atoms with E-state index in [2.05, 4.69) is 4.98 Å². The summed E-state index contributed by atoms with van der Waals surface area (Å²) in [4.78, 5) is 3.23. The summed E-state index contributed by atoms with van der Waals surface area (Å²) in [6, 6.07) is 5.99. The van der Waals surface area contributed by atoms with Crippen molar-refractivity contribution in [3.8, 4) is 5.75 Å². The maximum Gasteiger partial charge on any atom is 0.119 e. The van der Waals surface area contributed by atoms with E-state index < -0.39 is 0 Å². The standard InChI is InChI=1S/C13H17NO2/c1-9(15)3-4-10-8-14-13-6-5-11(16-2)7-12(10)13/h5-9,14-15H,3-4H2,1-2H3/t9-/m1/s1. The van der Waals surface area contributed by atoms with Gasteiger partial charge in [-0.25, -0.2) is 0 Å². The van der Waals surface area contributed by atoms with E-state index in [0.717, 1.165) is 24.1 Å². The number of benzene rings is 1. The first kappa shape index (κ1) is 11.0. The Morgan fingerprint density at radius 2 is 2.25 bits per heavy atom. The van der Waals surface area contributed by atoms with Gasteiger partial charge in [-0.3, -0.25) is 0 Å². The maximum absolute atomic E-state index is 9.29. The van der Waals surface area contributed by atoms with Gasteiger partial charge in [0.2, 0.25) is 0 Å². The van der Waals surface area contributed by atoms with Gasteiger partial charge in [0.05, 0.1) is 13.2 Å². The monoisotopic (exact) mass is 219 g/mol. The van der Waals surface area contributed by atoms with E-state index in [0.29, 0.717) is 0 Å². The third-order valence-electron chi connectivity index (χ3n) is 2.81. The third kappa shape index (κ3) is 2.19. The van der Waals surface area contributed by atoms with Crippen LogP contribution in [-0.2, 0) is 6.42 Å². The first-order valence-electron chi connectivity index (χ1n) is 5.53. The molecule has 1 atom stereocenters. The number of nitrogens with one attached hydrogen (secondary N) is 1. The Labute approximate surface area is 95.1 Å². The van der Waals surface area contributed by atoms with E-state index in [1.807, 2.05) is 31.3 Å². The molecule has 0 amide bonds. The number of aliphatic hydroxyl groups is 1. The minimum Gasteiger partial charge on any atom is -0.497 e. The molecule has 16 heavy (non-hydrogen) atoms. The summed E-state index contributed by atoms with van der Waals surface area (Å²) in [5.74, 6) is 0.866. The van der Waals surface area contributed by atoms with Crippen molar-refractivity contribution in [2.24, 2.45) is 0 Å². The fraction of sp³-hybridized carbons (Fsp3) is 0.385. The Bertz CT molecular complexity index is 474. The van der Waals surface area contributed by atoms with Gasteiger partial charge in [0.1, 0.15) is 5.75 Å². The fourth-order valence-electron chi connectivity index (χ4n) is 1.86. The number of rotatable bonds is 4. The van der Waals surface area contributed by atoms with Crippen LogP contribution in [0.2, 0.25) is 0 Å². The Morgan fingerprint density at radius 3 is 2.94 bits per heavy atom. The van der Waals surface area contributed by atoms with E-state index in [1.165, 1.54) is 10.9 Å². The van der Waals surface area contributed by atoms with Gasteiger partial charge in [-0.15, -0.1) is 0 Å². The number of H-pyrrole nitrogens is 1. The zero-order valence-electron chi connectivity index (χ0n) is 9.66. The molecule has 0 bridgehead atoms. The molecule has 86 valence electrons. The van der Waals surface area contributed by atoms with E-state index in [4.69, 9.17) is 4.74 Å². The molecule has 0 saturated carbocycles. The number of aliphatic hydroxyl groups excluding tert-OH is 1. The topological polar surface area (TPSA) is 45.2 Å². The van der Waals surface area contributed by atoms with Gasteiger partial charge >= 0.3 is 0 Å². The van der Waals surface area contributed by atoms with Crippen LogP contribution in [0.1, 0.15) is 18.9 Å². The van der Waals surface area contributed by atoms with Gasteiger partial charge in [0.15, 0.2) is 0 Å². The van der Waals surface area contributed by atoms with Gasteiger partial charge in [0, 0.05) is 17.1 Å². The first-order chi connectivity index (χ1) is 7.70. The molecule has 0 aliphatic carbocycles. The summed E-state index contributed by atoms with van der Waals surface area (Å²) in [5, 5.41) is 10.5. The van der Waals surface area contributed by atoms with Crippen LogP contribution in [0.5, 0.6) is 5.75 Å². The average molecular weight is 219 g/mol. The van der Waals surface area contributed by atoms with Crippen LogP contribution in [-0.4, -0.2) is 23.3 Å². The molecule has 0 aliphatic rings. The van der Waals surface area contributed by atoms with Gasteiger partial charge in [-0.1, -0.05) is 0 Å². The summed E-state index contributed by atoms with van der Waals surface area (Å²) in [7, 11) is 1.67. The maximum atomic E-state index is 9.29. The van der Waals surface area contributed by atoms with Crippen LogP contribution >= 0.6 is 0 Å². The molecule has 1 aromatic carbocycles. The Morgan fingerprint density at radius 1 is 1.44 bits per heavy atom. The largest absolute Gasteiger partial charge is 0.497 e. The highest BCUT2D eigenvalue weighted by Crippen LogP contribution is 2.24. The quantitative estimate of drug-likeness (QED) is 0.829. The highest BCUT2D eigenvalue weighted by Gasteiger charge is 2.06. The van der Waals surface area contributed by atoms with Crippen LogP contribution in [0.15, 0.2) is 24.4 Å². The van der Waals surface area contributed by atoms with Gasteiger partial charge in [-0.05, 0) is 43.5 Å². The minimum absolute atomic E-state index is 0.254. The lowest BCUT2D eigenvalue weighted by atomic mass is 10.1. The number of aryl methyl sites for hydroxylation is 1. The molecule has 2 aromatic rings. The zero-order chi connectivity index (χ0) is 11.5. The van der Waals surface area contributed by atoms with E-state index >= 15 is 0 Å². The van der Waals surface area contributed by atoms with Crippen molar-refractivity contribution < 1.29 is 9.84 Å². The van der Waals surface area contributed by atoms with Crippen molar-refractivity contribution in [1.82, 2.24) is 4.98 Å². The summed E-state index contributed by atoms with van der Waals surface area (Å²) in [5.41, 5.74) is 2.34. The second-order valence-electron chi connectivity index (χ2n) is 4.11. The molecular formula is C13H17NO2. The highest BCUT2D eigenvalue weighted by atomic mass is 16.5. The number of hydrogen-bond donors (Lipinski definition) is 2. The van der Waals surface area contributed by atoms with Crippen molar-refractivity contribution in [2.45, 2.75) is 25.9 Å². The Kier molecular flexibility index (Phi) is 3.15. The minimum atomic E-state index is -0.254. The van der Waals surface area contributed by atoms with Gasteiger partial charge in [-0.2, -0.15) is 0 Å². The summed E-state index contributed by atoms with van der Waals surface area (Å²) in [6.45, 7) is 1.81. The van der Waals surface area contributed by atoms with E-state index in [-0.39, 0.29) is 6.10 Å². The molecular weight excluding hydrogens is 202 g/mol. The van der Waals surface area contributed by atoms with Crippen molar-refractivity contribution in [3.63, 3.8) is 0 Å². The third-order valence-corrected chi connectivity index (χ3v) is 2.81. The molecule has 0 radical (unpaired) electrons. The molecule has 3 nitrogen and oxygen atoms in total. The molecule has 1 aromatic heterocycles. The highest BCUT2D eigenvalue weighted by molar-refractivity contribution is 5.84. The molecule has 0 fully saturated rings. The lowest BCUT2D eigenvalue weighted by molar-refractivity contribution is 0.185. The van der Waals surface area contributed by atoms with Gasteiger partial charge < -0.3 is 14.8 Å². The second kappa shape index (κ2) is 4.58. The Hall–Kier alpha value is -1.48. The lowest BCUT2D eigenvalue weighted by Gasteiger charge is -2.04. The van der Waals surface area contributed by atoms with Crippen LogP contribution in [0, 0.1) is 0 Å². The number of methoxy groups -OCH3 is 1. The molecule has 0 unspecified atom stereocenters. The zero-order valence-corrected chi connectivity index (χ0v) is 9.66. The van der Waals surface area contributed by atoms with Gasteiger partial charge in [0.25, 0.3) is 0 Å². The smallest absolute Gasteiger partial charge is 0.119 e. The van der Waals surface area contributed by atoms with Crippen molar-refractivity contribution in [3.05, 3.63) is 30.0 Å². The summed E-state index contributed by atoms with van der Waals surface area (Å²) < 4.78 is 5.21. The molecule has 2 rings (SSSR count). The number of hydrogen-bond acceptors (Lipinski definition) is 2. The first-order valence-corrected chi connectivity index (χ1v) is 5.53. The van der Waals surface area contributed by atoms with Crippen LogP contribution in [0.3, 0.4) is 0 Å². The molecule has 2 N–H and O–H groups in total. The summed E-state index contributed by atoms with van der Waals surface area (Å²) >= 11 is 0. The summed E-state index contributed by atoms with van der Waals surface area (Å²) in [6.07, 6.45) is 3.41. The molecule has 3 heteroatoms. The predicted molar refractivity (Wildman–Crippen MR) is 64.9 cm³/mol. The van der Waals surface area contributed by atoms with Crippen molar-refractivity contribution in [2.75, 3.05) is 7.11 Å².